The number of hydrogen-bond donors (Lipinski definition) is 2. The van der Waals surface area contributed by atoms with Crippen LogP contribution in [0.15, 0.2) is 83.3 Å². The van der Waals surface area contributed by atoms with Crippen LogP contribution in [0.4, 0.5) is 17.6 Å². The third-order valence-corrected chi connectivity index (χ3v) is 6.93. The summed E-state index contributed by atoms with van der Waals surface area (Å²) < 4.78 is 65.4. The molecule has 0 aliphatic rings. The summed E-state index contributed by atoms with van der Waals surface area (Å²) in [6.45, 7) is 5.51. The Kier molecular flexibility index (Phi) is 8.87. The number of aromatic nitrogens is 1. The molecule has 5 aromatic rings. The number of hydrogen-bond acceptors (Lipinski definition) is 5. The van der Waals surface area contributed by atoms with Crippen LogP contribution in [-0.2, 0) is 6.42 Å². The van der Waals surface area contributed by atoms with Gasteiger partial charge in [-0.15, -0.1) is 0 Å². The molecule has 5 rings (SSSR count). The van der Waals surface area contributed by atoms with E-state index in [1.54, 1.807) is 60.7 Å². The van der Waals surface area contributed by atoms with Crippen molar-refractivity contribution in [2.45, 2.75) is 45.3 Å². The fourth-order valence-electron chi connectivity index (χ4n) is 4.90. The van der Waals surface area contributed by atoms with E-state index in [9.17, 15) is 27.2 Å². The first kappa shape index (κ1) is 32.2. The Morgan fingerprint density at radius 1 is 0.870 bits per heavy atom. The number of nitrogens with zero attached hydrogens (tertiary/aromatic N) is 1. The Morgan fingerprint density at radius 3 is 2.24 bits per heavy atom. The molecule has 7 nitrogen and oxygen atoms in total. The summed E-state index contributed by atoms with van der Waals surface area (Å²) in [5.74, 6) is -0.447. The van der Waals surface area contributed by atoms with Crippen LogP contribution in [0.5, 0.6) is 11.5 Å². The zero-order valence-electron chi connectivity index (χ0n) is 25.5. The third-order valence-electron chi connectivity index (χ3n) is 6.93. The first-order chi connectivity index (χ1) is 21.7. The largest absolute Gasteiger partial charge is 0.457 e. The van der Waals surface area contributed by atoms with Gasteiger partial charge in [-0.3, -0.25) is 9.59 Å². The summed E-state index contributed by atoms with van der Waals surface area (Å²) in [5.41, 5.74) is 1.28. The first-order valence-corrected chi connectivity index (χ1v) is 14.4. The van der Waals surface area contributed by atoms with Gasteiger partial charge in [-0.1, -0.05) is 18.2 Å². The standard InChI is InChI=1S/C35H31F4N3O4/c1-34(2,3)42-31(43)22-8-5-7-21(17-22)26-19-27-29(32(44)40-4)30(46-33(27)41-28(26)15-16-35(37,38)39)20-11-13-24(14-12-20)45-25-10-6-9-23(36)18-25/h5-14,17-19H,15-16H2,1-4H3,(H,40,44)(H,42,43). The molecule has 0 aliphatic heterocycles. The van der Waals surface area contributed by atoms with E-state index in [0.29, 0.717) is 33.8 Å². The Labute approximate surface area is 262 Å². The molecule has 0 bridgehead atoms. The number of carbonyl (C=O) groups is 2. The number of alkyl halides is 3. The van der Waals surface area contributed by atoms with E-state index < -0.39 is 36.3 Å². The van der Waals surface area contributed by atoms with E-state index in [-0.39, 0.29) is 34.0 Å². The molecule has 238 valence electrons. The van der Waals surface area contributed by atoms with Crippen LogP contribution >= 0.6 is 0 Å². The van der Waals surface area contributed by atoms with Crippen LogP contribution in [0.3, 0.4) is 0 Å². The number of benzene rings is 3. The number of nitrogens with one attached hydrogen (secondary N) is 2. The van der Waals surface area contributed by atoms with Gasteiger partial charge in [-0.2, -0.15) is 13.2 Å². The van der Waals surface area contributed by atoms with Gasteiger partial charge in [0.05, 0.1) is 16.6 Å². The molecule has 0 unspecified atom stereocenters. The zero-order chi connectivity index (χ0) is 33.2. The van der Waals surface area contributed by atoms with E-state index in [2.05, 4.69) is 15.6 Å². The van der Waals surface area contributed by atoms with Gasteiger partial charge < -0.3 is 19.8 Å². The highest BCUT2D eigenvalue weighted by atomic mass is 19.4. The van der Waals surface area contributed by atoms with Crippen LogP contribution in [0.2, 0.25) is 0 Å². The fourth-order valence-corrected chi connectivity index (χ4v) is 4.90. The Hall–Kier alpha value is -5.19. The lowest BCUT2D eigenvalue weighted by atomic mass is 9.96. The number of fused-ring (bicyclic) bond motifs is 1. The molecule has 11 heteroatoms. The quantitative estimate of drug-likeness (QED) is 0.167. The predicted molar refractivity (Wildman–Crippen MR) is 166 cm³/mol. The van der Waals surface area contributed by atoms with Crippen LogP contribution in [0, 0.1) is 5.82 Å². The van der Waals surface area contributed by atoms with Crippen molar-refractivity contribution in [1.29, 1.82) is 0 Å². The minimum absolute atomic E-state index is 0.0174. The van der Waals surface area contributed by atoms with Crippen LogP contribution < -0.4 is 15.4 Å². The minimum Gasteiger partial charge on any atom is -0.457 e. The number of rotatable bonds is 8. The van der Waals surface area contributed by atoms with Gasteiger partial charge in [0, 0.05) is 41.8 Å². The SMILES string of the molecule is CNC(=O)c1c(-c2ccc(Oc3cccc(F)c3)cc2)oc2nc(CCC(F)(F)F)c(-c3cccc(C(=O)NC(C)(C)C)c3)cc12. The normalized spacial score (nSPS) is 11.8. The molecule has 0 saturated heterocycles. The van der Waals surface area contributed by atoms with Gasteiger partial charge in [-0.25, -0.2) is 9.37 Å². The molecule has 0 saturated carbocycles. The number of ether oxygens (including phenoxy) is 1. The fraction of sp³-hybridized carbons (Fsp3) is 0.229. The lowest BCUT2D eigenvalue weighted by molar-refractivity contribution is -0.134. The first-order valence-electron chi connectivity index (χ1n) is 14.4. The highest BCUT2D eigenvalue weighted by molar-refractivity contribution is 6.11. The average molecular weight is 634 g/mol. The Bertz CT molecular complexity index is 1910. The maximum atomic E-state index is 13.6. The van der Waals surface area contributed by atoms with E-state index in [1.165, 1.54) is 25.2 Å². The molecule has 0 atom stereocenters. The van der Waals surface area contributed by atoms with Crippen LogP contribution in [-0.4, -0.2) is 35.6 Å². The average Bonchev–Trinajstić information content (AvgIpc) is 3.37. The Morgan fingerprint density at radius 2 is 1.59 bits per heavy atom. The predicted octanol–water partition coefficient (Wildman–Crippen LogP) is 8.48. The highest BCUT2D eigenvalue weighted by Crippen LogP contribution is 2.38. The lowest BCUT2D eigenvalue weighted by Gasteiger charge is -2.20. The molecule has 2 amide bonds. The summed E-state index contributed by atoms with van der Waals surface area (Å²) in [6, 6.07) is 20.2. The van der Waals surface area contributed by atoms with E-state index in [1.807, 2.05) is 20.8 Å². The minimum atomic E-state index is -4.45. The molecule has 0 aliphatic carbocycles. The second-order valence-corrected chi connectivity index (χ2v) is 11.7. The van der Waals surface area contributed by atoms with Crippen molar-refractivity contribution in [3.63, 3.8) is 0 Å². The molecule has 2 aromatic heterocycles. The van der Waals surface area contributed by atoms with Crippen molar-refractivity contribution in [3.8, 4) is 33.9 Å². The lowest BCUT2D eigenvalue weighted by Crippen LogP contribution is -2.40. The number of amides is 2. The molecular weight excluding hydrogens is 602 g/mol. The van der Waals surface area contributed by atoms with E-state index in [0.717, 1.165) is 0 Å². The molecule has 0 fully saturated rings. The molecule has 2 N–H and O–H groups in total. The van der Waals surface area contributed by atoms with Crippen molar-refractivity contribution in [2.24, 2.45) is 0 Å². The molecule has 46 heavy (non-hydrogen) atoms. The number of carbonyl (C=O) groups excluding carboxylic acids is 2. The van der Waals surface area contributed by atoms with Crippen molar-refractivity contribution in [3.05, 3.63) is 102 Å². The van der Waals surface area contributed by atoms with Crippen LogP contribution in [0.25, 0.3) is 33.6 Å². The maximum Gasteiger partial charge on any atom is 0.389 e. The maximum absolute atomic E-state index is 13.6. The molecule has 0 spiro atoms. The summed E-state index contributed by atoms with van der Waals surface area (Å²) >= 11 is 0. The van der Waals surface area contributed by atoms with Gasteiger partial charge in [-0.05, 0) is 87.4 Å². The van der Waals surface area contributed by atoms with Gasteiger partial charge >= 0.3 is 6.18 Å². The number of pyridine rings is 1. The van der Waals surface area contributed by atoms with Crippen molar-refractivity contribution >= 4 is 22.9 Å². The van der Waals surface area contributed by atoms with E-state index in [4.69, 9.17) is 9.15 Å². The molecular formula is C35H31F4N3O4. The number of aryl methyl sites for hydroxylation is 1. The second kappa shape index (κ2) is 12.7. The Balaban J connectivity index is 1.62. The number of halogens is 4. The van der Waals surface area contributed by atoms with Gasteiger partial charge in [0.25, 0.3) is 11.8 Å². The molecule has 0 radical (unpaired) electrons. The summed E-state index contributed by atoms with van der Waals surface area (Å²) in [4.78, 5) is 30.6. The molecule has 3 aromatic carbocycles. The summed E-state index contributed by atoms with van der Waals surface area (Å²) in [6.07, 6.45) is -6.03. The van der Waals surface area contributed by atoms with Crippen molar-refractivity contribution in [2.75, 3.05) is 7.05 Å². The van der Waals surface area contributed by atoms with Crippen LogP contribution in [0.1, 0.15) is 53.6 Å². The zero-order valence-corrected chi connectivity index (χ0v) is 25.5. The van der Waals surface area contributed by atoms with E-state index >= 15 is 0 Å². The molecule has 2 heterocycles. The highest BCUT2D eigenvalue weighted by Gasteiger charge is 2.29. The summed E-state index contributed by atoms with van der Waals surface area (Å²) in [5, 5.41) is 5.76. The second-order valence-electron chi connectivity index (χ2n) is 11.7. The topological polar surface area (TPSA) is 93.5 Å². The van der Waals surface area contributed by atoms with Gasteiger partial charge in [0.2, 0.25) is 5.71 Å². The van der Waals surface area contributed by atoms with Crippen molar-refractivity contribution in [1.82, 2.24) is 15.6 Å². The monoisotopic (exact) mass is 633 g/mol. The third kappa shape index (κ3) is 7.53. The number of furan rings is 1. The summed E-state index contributed by atoms with van der Waals surface area (Å²) in [7, 11) is 1.45. The van der Waals surface area contributed by atoms with Crippen molar-refractivity contribution < 1.29 is 36.3 Å². The smallest absolute Gasteiger partial charge is 0.389 e. The van der Waals surface area contributed by atoms with Gasteiger partial charge in [0.15, 0.2) is 0 Å². The van der Waals surface area contributed by atoms with Gasteiger partial charge in [0.1, 0.15) is 23.1 Å².